The Kier molecular flexibility index (Phi) is 5.07. The first-order valence-corrected chi connectivity index (χ1v) is 8.84. The van der Waals surface area contributed by atoms with Crippen molar-refractivity contribution in [2.45, 2.75) is 6.42 Å². The van der Waals surface area contributed by atoms with Crippen LogP contribution in [0.3, 0.4) is 0 Å². The van der Waals surface area contributed by atoms with Gasteiger partial charge in [-0.15, -0.1) is 10.2 Å². The molecule has 0 atom stereocenters. The van der Waals surface area contributed by atoms with E-state index in [1.807, 2.05) is 66.7 Å². The number of aromatic amines is 1. The maximum Gasteiger partial charge on any atom is 0.177 e. The molecule has 6 nitrogen and oxygen atoms in total. The van der Waals surface area contributed by atoms with Crippen molar-refractivity contribution in [3.05, 3.63) is 76.7 Å². The van der Waals surface area contributed by atoms with E-state index < -0.39 is 0 Å². The largest absolute Gasteiger partial charge is 0.493 e. The van der Waals surface area contributed by atoms with E-state index in [4.69, 9.17) is 16.3 Å². The van der Waals surface area contributed by atoms with Crippen LogP contribution in [0.4, 0.5) is 0 Å². The van der Waals surface area contributed by atoms with E-state index >= 15 is 0 Å². The van der Waals surface area contributed by atoms with Crippen LogP contribution in [0.5, 0.6) is 5.75 Å². The predicted octanol–water partition coefficient (Wildman–Crippen LogP) is 4.19. The van der Waals surface area contributed by atoms with Gasteiger partial charge in [0.2, 0.25) is 0 Å². The molecule has 0 radical (unpaired) electrons. The van der Waals surface area contributed by atoms with Crippen molar-refractivity contribution in [3.63, 3.8) is 0 Å². The predicted molar refractivity (Wildman–Crippen MR) is 105 cm³/mol. The zero-order valence-corrected chi connectivity index (χ0v) is 15.1. The Morgan fingerprint density at radius 2 is 1.96 bits per heavy atom. The van der Waals surface area contributed by atoms with E-state index in [0.29, 0.717) is 23.9 Å². The van der Waals surface area contributed by atoms with Gasteiger partial charge < -0.3 is 4.74 Å². The van der Waals surface area contributed by atoms with E-state index in [0.717, 1.165) is 27.9 Å². The van der Waals surface area contributed by atoms with Crippen molar-refractivity contribution < 1.29 is 4.74 Å². The van der Waals surface area contributed by atoms with Crippen LogP contribution in [0, 0.1) is 0 Å². The highest BCUT2D eigenvalue weighted by Crippen LogP contribution is 2.20. The summed E-state index contributed by atoms with van der Waals surface area (Å²) in [5, 5.41) is 15.5. The molecule has 134 valence electrons. The van der Waals surface area contributed by atoms with E-state index in [2.05, 4.69) is 25.6 Å². The average Bonchev–Trinajstić information content (AvgIpc) is 3.20. The van der Waals surface area contributed by atoms with E-state index in [-0.39, 0.29) is 0 Å². The molecule has 2 heterocycles. The third kappa shape index (κ3) is 4.48. The monoisotopic (exact) mass is 377 g/mol. The van der Waals surface area contributed by atoms with Gasteiger partial charge in [-0.05, 0) is 42.0 Å². The van der Waals surface area contributed by atoms with Gasteiger partial charge in [-0.3, -0.25) is 0 Å². The molecular formula is C20H16ClN5O. The number of rotatable bonds is 6. The standard InChI is InChI=1S/C20H16ClN5O/c21-16-7-5-15-6-9-17(22-19(15)13-16)8-4-14-2-1-3-18(12-14)27-11-10-20-23-25-26-24-20/h1-9,12-13H,10-11H2,(H,23,24,25,26). The summed E-state index contributed by atoms with van der Waals surface area (Å²) in [6.07, 6.45) is 4.57. The van der Waals surface area contributed by atoms with Gasteiger partial charge in [-0.25, -0.2) is 4.98 Å². The molecular weight excluding hydrogens is 362 g/mol. The Morgan fingerprint density at radius 3 is 2.85 bits per heavy atom. The van der Waals surface area contributed by atoms with Crippen molar-refractivity contribution in [1.82, 2.24) is 25.6 Å². The molecule has 0 saturated carbocycles. The van der Waals surface area contributed by atoms with Crippen molar-refractivity contribution in [3.8, 4) is 5.75 Å². The molecule has 7 heteroatoms. The Hall–Kier alpha value is -3.25. The summed E-state index contributed by atoms with van der Waals surface area (Å²) in [5.74, 6) is 1.42. The van der Waals surface area contributed by atoms with Gasteiger partial charge in [-0.1, -0.05) is 47.2 Å². The van der Waals surface area contributed by atoms with Crippen molar-refractivity contribution in [2.24, 2.45) is 0 Å². The Morgan fingerprint density at radius 1 is 1.04 bits per heavy atom. The molecule has 2 aromatic carbocycles. The van der Waals surface area contributed by atoms with Gasteiger partial charge in [0.05, 0.1) is 17.8 Å². The quantitative estimate of drug-likeness (QED) is 0.545. The minimum absolute atomic E-state index is 0.486. The molecule has 0 fully saturated rings. The molecule has 4 aromatic rings. The first kappa shape index (κ1) is 17.2. The first-order valence-electron chi connectivity index (χ1n) is 8.46. The van der Waals surface area contributed by atoms with Crippen LogP contribution in [0.2, 0.25) is 5.02 Å². The van der Waals surface area contributed by atoms with E-state index in [1.165, 1.54) is 0 Å². The van der Waals surface area contributed by atoms with Crippen LogP contribution < -0.4 is 4.74 Å². The highest BCUT2D eigenvalue weighted by atomic mass is 35.5. The number of benzene rings is 2. The maximum absolute atomic E-state index is 6.05. The molecule has 0 amide bonds. The Balaban J connectivity index is 1.44. The molecule has 0 aliphatic rings. The average molecular weight is 378 g/mol. The molecule has 0 bridgehead atoms. The van der Waals surface area contributed by atoms with Gasteiger partial charge in [0.25, 0.3) is 0 Å². The van der Waals surface area contributed by atoms with Crippen molar-refractivity contribution in [2.75, 3.05) is 6.61 Å². The lowest BCUT2D eigenvalue weighted by Gasteiger charge is -2.05. The summed E-state index contributed by atoms with van der Waals surface area (Å²) in [6.45, 7) is 0.486. The smallest absolute Gasteiger partial charge is 0.177 e. The SMILES string of the molecule is Clc1ccc2ccc(C=Cc3cccc(OCCc4nn[nH]n4)c3)nc2c1. The number of aromatic nitrogens is 5. The van der Waals surface area contributed by atoms with Crippen molar-refractivity contribution in [1.29, 1.82) is 0 Å². The number of tetrazole rings is 1. The van der Waals surface area contributed by atoms with Crippen molar-refractivity contribution >= 4 is 34.7 Å². The molecule has 4 rings (SSSR count). The molecule has 0 aliphatic carbocycles. The number of halogens is 1. The number of pyridine rings is 1. The second-order valence-corrected chi connectivity index (χ2v) is 6.34. The third-order valence-electron chi connectivity index (χ3n) is 3.96. The lowest BCUT2D eigenvalue weighted by atomic mass is 10.1. The lowest BCUT2D eigenvalue weighted by Crippen LogP contribution is -2.02. The third-order valence-corrected chi connectivity index (χ3v) is 4.20. The second-order valence-electron chi connectivity index (χ2n) is 5.91. The number of nitrogens with zero attached hydrogens (tertiary/aromatic N) is 4. The maximum atomic E-state index is 6.05. The summed E-state index contributed by atoms with van der Waals surface area (Å²) in [6, 6.07) is 17.6. The number of hydrogen-bond donors (Lipinski definition) is 1. The lowest BCUT2D eigenvalue weighted by molar-refractivity contribution is 0.319. The number of ether oxygens (including phenoxy) is 1. The fourth-order valence-corrected chi connectivity index (χ4v) is 2.80. The summed E-state index contributed by atoms with van der Waals surface area (Å²) in [7, 11) is 0. The van der Waals surface area contributed by atoms with Crippen LogP contribution >= 0.6 is 11.6 Å². The van der Waals surface area contributed by atoms with Crippen LogP contribution in [0.1, 0.15) is 17.1 Å². The molecule has 0 spiro atoms. The van der Waals surface area contributed by atoms with Gasteiger partial charge in [0, 0.05) is 16.8 Å². The topological polar surface area (TPSA) is 76.6 Å². The van der Waals surface area contributed by atoms with Gasteiger partial charge in [-0.2, -0.15) is 5.21 Å². The first-order chi connectivity index (χ1) is 13.3. The zero-order chi connectivity index (χ0) is 18.5. The summed E-state index contributed by atoms with van der Waals surface area (Å²) in [4.78, 5) is 4.63. The molecule has 1 N–H and O–H groups in total. The van der Waals surface area contributed by atoms with Gasteiger partial charge in [0.1, 0.15) is 5.75 Å². The normalized spacial score (nSPS) is 11.3. The van der Waals surface area contributed by atoms with E-state index in [9.17, 15) is 0 Å². The second kappa shape index (κ2) is 7.97. The van der Waals surface area contributed by atoms with Gasteiger partial charge in [0.15, 0.2) is 5.82 Å². The number of nitrogens with one attached hydrogen (secondary N) is 1. The number of H-pyrrole nitrogens is 1. The molecule has 0 aliphatic heterocycles. The van der Waals surface area contributed by atoms with E-state index in [1.54, 1.807) is 0 Å². The van der Waals surface area contributed by atoms with Crippen LogP contribution in [-0.2, 0) is 6.42 Å². The summed E-state index contributed by atoms with van der Waals surface area (Å²) in [5.41, 5.74) is 2.77. The highest BCUT2D eigenvalue weighted by Gasteiger charge is 2.01. The fraction of sp³-hybridized carbons (Fsp3) is 0.100. The fourth-order valence-electron chi connectivity index (χ4n) is 2.64. The number of hydrogen-bond acceptors (Lipinski definition) is 5. The number of fused-ring (bicyclic) bond motifs is 1. The Bertz CT molecular complexity index is 1080. The molecule has 2 aromatic heterocycles. The zero-order valence-electron chi connectivity index (χ0n) is 14.3. The molecule has 27 heavy (non-hydrogen) atoms. The van der Waals surface area contributed by atoms with Crippen LogP contribution in [0.15, 0.2) is 54.6 Å². The van der Waals surface area contributed by atoms with Crippen LogP contribution in [0.25, 0.3) is 23.1 Å². The minimum Gasteiger partial charge on any atom is -0.493 e. The van der Waals surface area contributed by atoms with Crippen LogP contribution in [-0.4, -0.2) is 32.2 Å². The summed E-state index contributed by atoms with van der Waals surface area (Å²) < 4.78 is 5.76. The van der Waals surface area contributed by atoms with Gasteiger partial charge >= 0.3 is 0 Å². The highest BCUT2D eigenvalue weighted by molar-refractivity contribution is 6.31. The summed E-state index contributed by atoms with van der Waals surface area (Å²) >= 11 is 6.05. The Labute approximate surface area is 160 Å². The molecule has 0 unspecified atom stereocenters. The molecule has 0 saturated heterocycles. The minimum atomic E-state index is 0.486.